The van der Waals surface area contributed by atoms with Gasteiger partial charge in [0.1, 0.15) is 6.54 Å². The van der Waals surface area contributed by atoms with E-state index in [1.807, 2.05) is 27.7 Å². The number of hydrogen-bond acceptors (Lipinski definition) is 4. The standard InChI is InChI=1S/C18H23ClF3N3O4S/c1-9(2)12-5-11(19)6-13(10(3)4)15(12)23-17(27)24-30(28,29)14-7-25(16(14)26)8-18(20,21)22/h5-6,9-10,14H,7-8H2,1-4H3,(H2,23,24,27). The van der Waals surface area contributed by atoms with Crippen molar-refractivity contribution in [2.75, 3.05) is 18.4 Å². The van der Waals surface area contributed by atoms with Gasteiger partial charge in [-0.25, -0.2) is 17.9 Å². The molecule has 0 saturated carbocycles. The molecule has 1 aromatic rings. The van der Waals surface area contributed by atoms with E-state index in [0.29, 0.717) is 26.7 Å². The van der Waals surface area contributed by atoms with E-state index in [9.17, 15) is 31.2 Å². The number of carbonyl (C=O) groups is 2. The summed E-state index contributed by atoms with van der Waals surface area (Å²) >= 11 is 6.15. The molecule has 0 spiro atoms. The van der Waals surface area contributed by atoms with Crippen LogP contribution in [0.25, 0.3) is 0 Å². The van der Waals surface area contributed by atoms with Crippen LogP contribution in [0.15, 0.2) is 12.1 Å². The van der Waals surface area contributed by atoms with Crippen molar-refractivity contribution < 1.29 is 31.2 Å². The van der Waals surface area contributed by atoms with Crippen molar-refractivity contribution in [1.82, 2.24) is 9.62 Å². The maximum atomic E-state index is 12.4. The van der Waals surface area contributed by atoms with Gasteiger partial charge in [-0.2, -0.15) is 13.2 Å². The summed E-state index contributed by atoms with van der Waals surface area (Å²) in [6.07, 6.45) is -4.63. The number of anilines is 1. The van der Waals surface area contributed by atoms with Crippen molar-refractivity contribution in [3.63, 3.8) is 0 Å². The molecule has 1 fully saturated rings. The lowest BCUT2D eigenvalue weighted by Gasteiger charge is -2.37. The molecule has 1 aromatic carbocycles. The lowest BCUT2D eigenvalue weighted by molar-refractivity contribution is -0.169. The number of amides is 3. The van der Waals surface area contributed by atoms with Crippen LogP contribution in [-0.4, -0.2) is 49.8 Å². The summed E-state index contributed by atoms with van der Waals surface area (Å²) in [6.45, 7) is 5.31. The van der Waals surface area contributed by atoms with E-state index in [-0.39, 0.29) is 11.8 Å². The van der Waals surface area contributed by atoms with Crippen LogP contribution in [0, 0.1) is 0 Å². The van der Waals surface area contributed by atoms with Crippen LogP contribution < -0.4 is 10.0 Å². The molecule has 1 saturated heterocycles. The summed E-state index contributed by atoms with van der Waals surface area (Å²) in [6, 6.07) is 2.21. The van der Waals surface area contributed by atoms with Crippen LogP contribution >= 0.6 is 11.6 Å². The van der Waals surface area contributed by atoms with Crippen molar-refractivity contribution in [2.24, 2.45) is 0 Å². The highest BCUT2D eigenvalue weighted by Gasteiger charge is 2.50. The van der Waals surface area contributed by atoms with Gasteiger partial charge in [0.05, 0.1) is 0 Å². The molecule has 1 atom stereocenters. The first-order valence-corrected chi connectivity index (χ1v) is 11.1. The van der Waals surface area contributed by atoms with Gasteiger partial charge in [-0.05, 0) is 35.1 Å². The van der Waals surface area contributed by atoms with Gasteiger partial charge in [-0.15, -0.1) is 0 Å². The summed E-state index contributed by atoms with van der Waals surface area (Å²) in [4.78, 5) is 24.6. The summed E-state index contributed by atoms with van der Waals surface area (Å²) in [5.41, 5.74) is 1.78. The van der Waals surface area contributed by atoms with Crippen LogP contribution in [0.4, 0.5) is 23.7 Å². The largest absolute Gasteiger partial charge is 0.406 e. The highest BCUT2D eigenvalue weighted by molar-refractivity contribution is 7.91. The third-order valence-electron chi connectivity index (χ3n) is 4.60. The zero-order chi connectivity index (χ0) is 23.0. The number of nitrogens with one attached hydrogen (secondary N) is 2. The molecule has 1 heterocycles. The highest BCUT2D eigenvalue weighted by Crippen LogP contribution is 2.35. The van der Waals surface area contributed by atoms with Crippen molar-refractivity contribution >= 4 is 39.2 Å². The number of halogens is 4. The molecule has 2 rings (SSSR count). The Morgan fingerprint density at radius 3 is 2.10 bits per heavy atom. The number of carbonyl (C=O) groups excluding carboxylic acids is 2. The van der Waals surface area contributed by atoms with Crippen LogP contribution in [0.5, 0.6) is 0 Å². The molecule has 3 amide bonds. The molecule has 1 aliphatic heterocycles. The van der Waals surface area contributed by atoms with Gasteiger partial charge in [0.2, 0.25) is 15.9 Å². The van der Waals surface area contributed by atoms with Crippen LogP contribution in [0.1, 0.15) is 50.7 Å². The molecule has 2 N–H and O–H groups in total. The average Bonchev–Trinajstić information content (AvgIpc) is 2.57. The second kappa shape index (κ2) is 8.62. The SMILES string of the molecule is CC(C)c1cc(Cl)cc(C(C)C)c1NC(=O)NS(=O)(=O)C1CN(CC(F)(F)F)C1=O. The molecule has 0 aromatic heterocycles. The van der Waals surface area contributed by atoms with Crippen LogP contribution in [-0.2, 0) is 14.8 Å². The first-order chi connectivity index (χ1) is 13.6. The fourth-order valence-electron chi connectivity index (χ4n) is 3.09. The summed E-state index contributed by atoms with van der Waals surface area (Å²) in [5, 5.41) is 1.22. The summed E-state index contributed by atoms with van der Waals surface area (Å²) < 4.78 is 63.5. The van der Waals surface area contributed by atoms with E-state index < -0.39 is 46.5 Å². The van der Waals surface area contributed by atoms with Crippen LogP contribution in [0.2, 0.25) is 5.02 Å². The number of benzene rings is 1. The minimum absolute atomic E-state index is 0.0442. The number of rotatable bonds is 6. The van der Waals surface area contributed by atoms with Gasteiger partial charge >= 0.3 is 12.2 Å². The third kappa shape index (κ3) is 5.57. The molecule has 1 unspecified atom stereocenters. The predicted molar refractivity (Wildman–Crippen MR) is 107 cm³/mol. The maximum Gasteiger partial charge on any atom is 0.406 e. The second-order valence-corrected chi connectivity index (χ2v) is 9.99. The first-order valence-electron chi connectivity index (χ1n) is 9.14. The Kier molecular flexibility index (Phi) is 6.97. The van der Waals surface area contributed by atoms with Crippen molar-refractivity contribution in [3.8, 4) is 0 Å². The number of likely N-dealkylation sites (tertiary alicyclic amines) is 1. The minimum Gasteiger partial charge on any atom is -0.330 e. The first kappa shape index (κ1) is 24.3. The van der Waals surface area contributed by atoms with Crippen molar-refractivity contribution in [3.05, 3.63) is 28.3 Å². The third-order valence-corrected chi connectivity index (χ3v) is 6.39. The monoisotopic (exact) mass is 469 g/mol. The van der Waals surface area contributed by atoms with Gasteiger partial charge in [0, 0.05) is 17.3 Å². The minimum atomic E-state index is -4.63. The molecule has 0 aliphatic carbocycles. The maximum absolute atomic E-state index is 12.4. The molecule has 12 heteroatoms. The molecule has 0 radical (unpaired) electrons. The number of β-lactam (4-membered cyclic amide) rings is 1. The van der Waals surface area contributed by atoms with Crippen LogP contribution in [0.3, 0.4) is 0 Å². The van der Waals surface area contributed by atoms with Crippen molar-refractivity contribution in [2.45, 2.75) is 51.0 Å². The van der Waals surface area contributed by atoms with E-state index >= 15 is 0 Å². The summed E-state index contributed by atoms with van der Waals surface area (Å²) in [7, 11) is -4.50. The number of urea groups is 1. The molecular weight excluding hydrogens is 447 g/mol. The Labute approximate surface area is 178 Å². The normalized spacial score (nSPS) is 17.3. The van der Waals surface area contributed by atoms with Gasteiger partial charge < -0.3 is 10.2 Å². The van der Waals surface area contributed by atoms with Crippen molar-refractivity contribution in [1.29, 1.82) is 0 Å². The second-order valence-electron chi connectivity index (χ2n) is 7.69. The Bertz CT molecular complexity index is 919. The molecular formula is C18H23ClF3N3O4S. The van der Waals surface area contributed by atoms with E-state index in [0.717, 1.165) is 0 Å². The molecule has 1 aliphatic rings. The van der Waals surface area contributed by atoms with Gasteiger partial charge in [-0.1, -0.05) is 39.3 Å². The zero-order valence-corrected chi connectivity index (χ0v) is 18.4. The lowest BCUT2D eigenvalue weighted by atomic mass is 9.92. The number of alkyl halides is 3. The predicted octanol–water partition coefficient (Wildman–Crippen LogP) is 3.81. The van der Waals surface area contributed by atoms with Gasteiger partial charge in [0.15, 0.2) is 5.25 Å². The quantitative estimate of drug-likeness (QED) is 0.619. The average molecular weight is 470 g/mol. The van der Waals surface area contributed by atoms with Gasteiger partial charge in [-0.3, -0.25) is 4.79 Å². The molecule has 168 valence electrons. The van der Waals surface area contributed by atoms with E-state index in [1.54, 1.807) is 16.9 Å². The summed E-state index contributed by atoms with van der Waals surface area (Å²) in [5.74, 6) is -1.29. The Hall–Kier alpha value is -2.01. The van der Waals surface area contributed by atoms with E-state index in [1.165, 1.54) is 0 Å². The number of sulfonamides is 1. The molecule has 7 nitrogen and oxygen atoms in total. The fourth-order valence-corrected chi connectivity index (χ4v) is 4.57. The lowest BCUT2D eigenvalue weighted by Crippen LogP contribution is -2.64. The molecule has 30 heavy (non-hydrogen) atoms. The molecule has 0 bridgehead atoms. The van der Waals surface area contributed by atoms with Gasteiger partial charge in [0.25, 0.3) is 0 Å². The Balaban J connectivity index is 2.17. The fraction of sp³-hybridized carbons (Fsp3) is 0.556. The number of hydrogen-bond donors (Lipinski definition) is 2. The Morgan fingerprint density at radius 1 is 1.20 bits per heavy atom. The zero-order valence-electron chi connectivity index (χ0n) is 16.8. The number of nitrogens with zero attached hydrogens (tertiary/aromatic N) is 1. The van der Waals surface area contributed by atoms with E-state index in [2.05, 4.69) is 5.32 Å². The van der Waals surface area contributed by atoms with E-state index in [4.69, 9.17) is 11.6 Å². The Morgan fingerprint density at radius 2 is 1.70 bits per heavy atom. The smallest absolute Gasteiger partial charge is 0.330 e. The highest BCUT2D eigenvalue weighted by atomic mass is 35.5. The topological polar surface area (TPSA) is 95.6 Å².